The van der Waals surface area contributed by atoms with Gasteiger partial charge in [0.1, 0.15) is 11.6 Å². The van der Waals surface area contributed by atoms with Crippen LogP contribution in [0.2, 0.25) is 0 Å². The molecule has 0 bridgehead atoms. The zero-order valence-electron chi connectivity index (χ0n) is 15.7. The van der Waals surface area contributed by atoms with E-state index in [1.54, 1.807) is 24.3 Å². The van der Waals surface area contributed by atoms with E-state index in [0.29, 0.717) is 30.1 Å². The molecule has 0 aromatic heterocycles. The van der Waals surface area contributed by atoms with Gasteiger partial charge in [-0.15, -0.1) is 0 Å². The monoisotopic (exact) mass is 399 g/mol. The van der Waals surface area contributed by atoms with E-state index in [9.17, 15) is 18.8 Å². The number of ether oxygens (including phenoxy) is 1. The number of benzene rings is 2. The van der Waals surface area contributed by atoms with E-state index >= 15 is 0 Å². The van der Waals surface area contributed by atoms with Crippen LogP contribution < -0.4 is 20.7 Å². The summed E-state index contributed by atoms with van der Waals surface area (Å²) in [7, 11) is 0. The fraction of sp³-hybridized carbons (Fsp3) is 0.286. The zero-order chi connectivity index (χ0) is 20.6. The molecular weight excluding hydrogens is 377 g/mol. The standard InChI is InChI=1S/C21H22FN3O4/c22-16-5-9-18(10-6-16)29-13-19(26)25-17-7-3-15(4-8-17)21(28)24-12-11-23-20(27)14-1-2-14/h3-10,14H,1-2,11-13H2,(H,23,27)(H,24,28)(H,25,26). The van der Waals surface area contributed by atoms with E-state index in [4.69, 9.17) is 4.74 Å². The number of anilines is 1. The average molecular weight is 399 g/mol. The van der Waals surface area contributed by atoms with Crippen LogP contribution in [-0.4, -0.2) is 37.4 Å². The number of nitrogens with one attached hydrogen (secondary N) is 3. The molecule has 0 atom stereocenters. The van der Waals surface area contributed by atoms with E-state index in [0.717, 1.165) is 12.8 Å². The lowest BCUT2D eigenvalue weighted by Crippen LogP contribution is -2.35. The lowest BCUT2D eigenvalue weighted by Gasteiger charge is -2.09. The predicted octanol–water partition coefficient (Wildman–Crippen LogP) is 2.10. The highest BCUT2D eigenvalue weighted by atomic mass is 19.1. The highest BCUT2D eigenvalue weighted by molar-refractivity contribution is 5.96. The van der Waals surface area contributed by atoms with E-state index in [1.807, 2.05) is 0 Å². The van der Waals surface area contributed by atoms with Gasteiger partial charge in [0.25, 0.3) is 11.8 Å². The Kier molecular flexibility index (Phi) is 6.78. The molecule has 3 N–H and O–H groups in total. The maximum absolute atomic E-state index is 12.8. The maximum Gasteiger partial charge on any atom is 0.262 e. The largest absolute Gasteiger partial charge is 0.484 e. The Balaban J connectivity index is 1.38. The number of hydrogen-bond donors (Lipinski definition) is 3. The number of rotatable bonds is 9. The Morgan fingerprint density at radius 2 is 1.59 bits per heavy atom. The molecule has 8 heteroatoms. The van der Waals surface area contributed by atoms with Crippen LogP contribution in [0.5, 0.6) is 5.75 Å². The summed E-state index contributed by atoms with van der Waals surface area (Å²) in [4.78, 5) is 35.5. The Morgan fingerprint density at radius 3 is 2.24 bits per heavy atom. The van der Waals surface area contributed by atoms with Gasteiger partial charge in [-0.1, -0.05) is 0 Å². The second-order valence-corrected chi connectivity index (χ2v) is 6.69. The van der Waals surface area contributed by atoms with E-state index in [2.05, 4.69) is 16.0 Å². The van der Waals surface area contributed by atoms with Gasteiger partial charge in [0, 0.05) is 30.3 Å². The Hall–Kier alpha value is -3.42. The third-order valence-electron chi connectivity index (χ3n) is 4.27. The molecule has 2 aromatic carbocycles. The number of hydrogen-bond acceptors (Lipinski definition) is 4. The van der Waals surface area contributed by atoms with Gasteiger partial charge in [-0.3, -0.25) is 14.4 Å². The van der Waals surface area contributed by atoms with Gasteiger partial charge in [-0.2, -0.15) is 0 Å². The Labute approximate surface area is 167 Å². The minimum atomic E-state index is -0.381. The van der Waals surface area contributed by atoms with Crippen molar-refractivity contribution in [1.29, 1.82) is 0 Å². The molecule has 29 heavy (non-hydrogen) atoms. The molecule has 7 nitrogen and oxygen atoms in total. The summed E-state index contributed by atoms with van der Waals surface area (Å²) in [6, 6.07) is 11.8. The first-order valence-corrected chi connectivity index (χ1v) is 9.35. The van der Waals surface area contributed by atoms with Crippen molar-refractivity contribution in [2.75, 3.05) is 25.0 Å². The number of amides is 3. The molecule has 0 saturated heterocycles. The Morgan fingerprint density at radius 1 is 0.931 bits per heavy atom. The first-order chi connectivity index (χ1) is 14.0. The molecule has 0 heterocycles. The van der Waals surface area contributed by atoms with Crippen LogP contribution in [0.1, 0.15) is 23.2 Å². The third kappa shape index (κ3) is 6.60. The van der Waals surface area contributed by atoms with Crippen LogP contribution in [0.4, 0.5) is 10.1 Å². The molecule has 1 fully saturated rings. The SMILES string of the molecule is O=C(COc1ccc(F)cc1)Nc1ccc(C(=O)NCCNC(=O)C2CC2)cc1. The van der Waals surface area contributed by atoms with Crippen molar-refractivity contribution in [2.24, 2.45) is 5.92 Å². The average Bonchev–Trinajstić information content (AvgIpc) is 3.56. The van der Waals surface area contributed by atoms with Crippen molar-refractivity contribution in [3.8, 4) is 5.75 Å². The van der Waals surface area contributed by atoms with Crippen LogP contribution in [0.3, 0.4) is 0 Å². The van der Waals surface area contributed by atoms with Crippen LogP contribution in [-0.2, 0) is 9.59 Å². The van der Waals surface area contributed by atoms with Gasteiger partial charge in [0.15, 0.2) is 6.61 Å². The van der Waals surface area contributed by atoms with Crippen LogP contribution in [0.25, 0.3) is 0 Å². The van der Waals surface area contributed by atoms with Crippen LogP contribution >= 0.6 is 0 Å². The highest BCUT2D eigenvalue weighted by Crippen LogP contribution is 2.28. The summed E-state index contributed by atoms with van der Waals surface area (Å²) < 4.78 is 18.1. The van der Waals surface area contributed by atoms with E-state index in [1.165, 1.54) is 24.3 Å². The first kappa shape index (κ1) is 20.3. The second-order valence-electron chi connectivity index (χ2n) is 6.69. The molecule has 0 unspecified atom stereocenters. The van der Waals surface area contributed by atoms with Crippen molar-refractivity contribution in [2.45, 2.75) is 12.8 Å². The molecule has 0 spiro atoms. The van der Waals surface area contributed by atoms with Gasteiger partial charge in [0.2, 0.25) is 5.91 Å². The maximum atomic E-state index is 12.8. The second kappa shape index (κ2) is 9.68. The van der Waals surface area contributed by atoms with Gasteiger partial charge >= 0.3 is 0 Å². The van der Waals surface area contributed by atoms with E-state index in [-0.39, 0.29) is 36.1 Å². The fourth-order valence-corrected chi connectivity index (χ4v) is 2.54. The molecular formula is C21H22FN3O4. The Bertz CT molecular complexity index is 864. The highest BCUT2D eigenvalue weighted by Gasteiger charge is 2.28. The molecule has 0 aliphatic heterocycles. The molecule has 3 amide bonds. The van der Waals surface area contributed by atoms with Crippen LogP contribution in [0, 0.1) is 11.7 Å². The summed E-state index contributed by atoms with van der Waals surface area (Å²) in [5.41, 5.74) is 0.963. The summed E-state index contributed by atoms with van der Waals surface area (Å²) in [6.07, 6.45) is 1.89. The normalized spacial score (nSPS) is 12.7. The van der Waals surface area contributed by atoms with Gasteiger partial charge < -0.3 is 20.7 Å². The topological polar surface area (TPSA) is 96.5 Å². The van der Waals surface area contributed by atoms with Crippen molar-refractivity contribution < 1.29 is 23.5 Å². The zero-order valence-corrected chi connectivity index (χ0v) is 15.7. The van der Waals surface area contributed by atoms with Crippen molar-refractivity contribution in [3.63, 3.8) is 0 Å². The molecule has 152 valence electrons. The molecule has 1 aliphatic rings. The third-order valence-corrected chi connectivity index (χ3v) is 4.27. The lowest BCUT2D eigenvalue weighted by molar-refractivity contribution is -0.122. The number of halogens is 1. The van der Waals surface area contributed by atoms with Gasteiger partial charge in [-0.05, 0) is 61.4 Å². The summed E-state index contributed by atoms with van der Waals surface area (Å²) in [6.45, 7) is 0.514. The number of carbonyl (C=O) groups excluding carboxylic acids is 3. The first-order valence-electron chi connectivity index (χ1n) is 9.35. The summed E-state index contributed by atoms with van der Waals surface area (Å²) in [5.74, 6) is -0.436. The minimum Gasteiger partial charge on any atom is -0.484 e. The lowest BCUT2D eigenvalue weighted by atomic mass is 10.2. The summed E-state index contributed by atoms with van der Waals surface area (Å²) >= 11 is 0. The number of carbonyl (C=O) groups is 3. The van der Waals surface area contributed by atoms with Crippen molar-refractivity contribution in [1.82, 2.24) is 10.6 Å². The quantitative estimate of drug-likeness (QED) is 0.563. The molecule has 2 aromatic rings. The molecule has 1 saturated carbocycles. The van der Waals surface area contributed by atoms with E-state index < -0.39 is 0 Å². The van der Waals surface area contributed by atoms with Crippen molar-refractivity contribution in [3.05, 3.63) is 59.9 Å². The van der Waals surface area contributed by atoms with Gasteiger partial charge in [0.05, 0.1) is 0 Å². The smallest absolute Gasteiger partial charge is 0.262 e. The minimum absolute atomic E-state index is 0.0442. The molecule has 3 rings (SSSR count). The molecule has 0 radical (unpaired) electrons. The fourth-order valence-electron chi connectivity index (χ4n) is 2.54. The van der Waals surface area contributed by atoms with Gasteiger partial charge in [-0.25, -0.2) is 4.39 Å². The van der Waals surface area contributed by atoms with Crippen molar-refractivity contribution >= 4 is 23.4 Å². The molecule has 1 aliphatic carbocycles. The van der Waals surface area contributed by atoms with Crippen LogP contribution in [0.15, 0.2) is 48.5 Å². The summed E-state index contributed by atoms with van der Waals surface area (Å²) in [5, 5.41) is 8.16. The predicted molar refractivity (Wildman–Crippen MR) is 105 cm³/mol.